The minimum Gasteiger partial charge on any atom is -0.462 e. The molecule has 0 aliphatic carbocycles. The van der Waals surface area contributed by atoms with E-state index in [2.05, 4.69) is 34.6 Å². The summed E-state index contributed by atoms with van der Waals surface area (Å²) in [5.74, 6) is -1.40. The molecule has 0 rings (SSSR count). The fourth-order valence-corrected chi connectivity index (χ4v) is 12.6. The highest BCUT2D eigenvalue weighted by Crippen LogP contribution is 2.45. The van der Waals surface area contributed by atoms with Crippen LogP contribution in [0.4, 0.5) is 0 Å². The molecule has 0 heterocycles. The first-order valence-corrected chi connectivity index (χ1v) is 40.6. The van der Waals surface area contributed by atoms with Crippen LogP contribution < -0.4 is 0 Å². The molecular formula is C72H140O17P2. The van der Waals surface area contributed by atoms with E-state index in [-0.39, 0.29) is 25.7 Å². The van der Waals surface area contributed by atoms with Crippen molar-refractivity contribution >= 4 is 39.5 Å². The van der Waals surface area contributed by atoms with Crippen LogP contribution in [0.15, 0.2) is 0 Å². The van der Waals surface area contributed by atoms with Gasteiger partial charge < -0.3 is 33.8 Å². The van der Waals surface area contributed by atoms with Crippen molar-refractivity contribution in [2.75, 3.05) is 39.6 Å². The van der Waals surface area contributed by atoms with E-state index in [9.17, 15) is 43.2 Å². The maximum absolute atomic E-state index is 13.0. The lowest BCUT2D eigenvalue weighted by molar-refractivity contribution is -0.161. The molecule has 91 heavy (non-hydrogen) atoms. The molecule has 3 N–H and O–H groups in total. The van der Waals surface area contributed by atoms with E-state index >= 15 is 0 Å². The van der Waals surface area contributed by atoms with E-state index in [4.69, 9.17) is 37.0 Å². The number of rotatable bonds is 72. The molecule has 17 nitrogen and oxygen atoms in total. The van der Waals surface area contributed by atoms with Crippen molar-refractivity contribution in [3.8, 4) is 0 Å². The minimum atomic E-state index is -4.95. The Morgan fingerprint density at radius 3 is 0.747 bits per heavy atom. The standard InChI is InChI=1S/C72H140O17P2/c1-6-9-12-15-18-21-23-24-25-26-27-28-29-30-31-32-33-34-36-43-48-53-58-72(77)89-68(62-83-70(75)56-51-46-41-38-37-39-44-49-54-65(4)5)64-87-91(80,81)85-60-66(73)59-84-90(78,79)86-63-67(61-82-69(74)55-50-45-40-20-17-14-11-8-3)88-71(76)57-52-47-42-35-22-19-16-13-10-7-2/h65-68,73H,6-64H2,1-5H3,(H,78,79)(H,80,81)/t66-,67+,68+/m0/s1. The van der Waals surface area contributed by atoms with Crippen LogP contribution in [0.2, 0.25) is 0 Å². The molecule has 0 saturated carbocycles. The van der Waals surface area contributed by atoms with Gasteiger partial charge in [-0.25, -0.2) is 9.13 Å². The maximum Gasteiger partial charge on any atom is 0.472 e. The van der Waals surface area contributed by atoms with Gasteiger partial charge in [-0.3, -0.25) is 37.3 Å². The molecule has 2 unspecified atom stereocenters. The summed E-state index contributed by atoms with van der Waals surface area (Å²) in [6.45, 7) is 7.18. The maximum atomic E-state index is 13.0. The number of phosphoric ester groups is 2. The number of aliphatic hydroxyl groups excluding tert-OH is 1. The third-order valence-corrected chi connectivity index (χ3v) is 18.7. The van der Waals surface area contributed by atoms with Gasteiger partial charge in [-0.1, -0.05) is 324 Å². The Morgan fingerprint density at radius 2 is 0.505 bits per heavy atom. The monoisotopic (exact) mass is 1340 g/mol. The Labute approximate surface area is 556 Å². The lowest BCUT2D eigenvalue weighted by Crippen LogP contribution is -2.30. The van der Waals surface area contributed by atoms with Crippen molar-refractivity contribution in [2.24, 2.45) is 5.92 Å². The summed E-state index contributed by atoms with van der Waals surface area (Å²) in [7, 11) is -9.89. The van der Waals surface area contributed by atoms with Gasteiger partial charge in [0.15, 0.2) is 12.2 Å². The number of hydrogen-bond acceptors (Lipinski definition) is 15. The molecule has 0 amide bonds. The quantitative estimate of drug-likeness (QED) is 0.0222. The molecule has 0 aromatic rings. The predicted molar refractivity (Wildman–Crippen MR) is 368 cm³/mol. The van der Waals surface area contributed by atoms with E-state index in [1.807, 2.05) is 0 Å². The molecule has 0 saturated heterocycles. The van der Waals surface area contributed by atoms with Gasteiger partial charge in [0.05, 0.1) is 26.4 Å². The molecular weight excluding hydrogens is 1200 g/mol. The second-order valence-electron chi connectivity index (χ2n) is 26.5. The predicted octanol–water partition coefficient (Wildman–Crippen LogP) is 20.9. The van der Waals surface area contributed by atoms with Crippen LogP contribution in [-0.2, 0) is 65.4 Å². The summed E-state index contributed by atoms with van der Waals surface area (Å²) in [5.41, 5.74) is 0. The Kier molecular flexibility index (Phi) is 64.0. The number of unbranched alkanes of at least 4 members (excludes halogenated alkanes) is 44. The second kappa shape index (κ2) is 65.4. The second-order valence-corrected chi connectivity index (χ2v) is 29.4. The lowest BCUT2D eigenvalue weighted by atomic mass is 10.0. The number of esters is 4. The highest BCUT2D eigenvalue weighted by molar-refractivity contribution is 7.47. The van der Waals surface area contributed by atoms with Crippen molar-refractivity contribution in [3.63, 3.8) is 0 Å². The normalized spacial score (nSPS) is 14.0. The van der Waals surface area contributed by atoms with Crippen LogP contribution in [0.1, 0.15) is 375 Å². The van der Waals surface area contributed by atoms with E-state index in [1.54, 1.807) is 0 Å². The van der Waals surface area contributed by atoms with Gasteiger partial charge >= 0.3 is 39.5 Å². The van der Waals surface area contributed by atoms with Gasteiger partial charge in [0, 0.05) is 25.7 Å². The van der Waals surface area contributed by atoms with Crippen LogP contribution in [-0.4, -0.2) is 96.7 Å². The summed E-state index contributed by atoms with van der Waals surface area (Å²) in [6, 6.07) is 0. The van der Waals surface area contributed by atoms with Crippen LogP contribution in [0.25, 0.3) is 0 Å². The molecule has 5 atom stereocenters. The largest absolute Gasteiger partial charge is 0.472 e. The summed E-state index contributed by atoms with van der Waals surface area (Å²) in [5, 5.41) is 10.6. The third-order valence-electron chi connectivity index (χ3n) is 16.8. The fraction of sp³-hybridized carbons (Fsp3) is 0.944. The van der Waals surface area contributed by atoms with Crippen LogP contribution >= 0.6 is 15.6 Å². The zero-order chi connectivity index (χ0) is 67.0. The smallest absolute Gasteiger partial charge is 0.462 e. The number of ether oxygens (including phenoxy) is 4. The highest BCUT2D eigenvalue weighted by atomic mass is 31.2. The zero-order valence-electron chi connectivity index (χ0n) is 59.0. The first kappa shape index (κ1) is 89.1. The lowest BCUT2D eigenvalue weighted by Gasteiger charge is -2.21. The van der Waals surface area contributed by atoms with Gasteiger partial charge in [0.2, 0.25) is 0 Å². The van der Waals surface area contributed by atoms with Gasteiger partial charge in [0.1, 0.15) is 19.3 Å². The van der Waals surface area contributed by atoms with Crippen molar-refractivity contribution in [1.29, 1.82) is 0 Å². The average Bonchev–Trinajstić information content (AvgIpc) is 3.39. The molecule has 0 spiro atoms. The zero-order valence-corrected chi connectivity index (χ0v) is 60.8. The van der Waals surface area contributed by atoms with Gasteiger partial charge in [-0.05, 0) is 31.6 Å². The summed E-state index contributed by atoms with van der Waals surface area (Å²) >= 11 is 0. The number of phosphoric acid groups is 2. The average molecular weight is 1340 g/mol. The Bertz CT molecular complexity index is 1750. The van der Waals surface area contributed by atoms with Crippen molar-refractivity contribution in [2.45, 2.75) is 393 Å². The summed E-state index contributed by atoms with van der Waals surface area (Å²) in [4.78, 5) is 72.4. The topological polar surface area (TPSA) is 237 Å². The molecule has 0 aliphatic rings. The molecule has 0 aromatic heterocycles. The minimum absolute atomic E-state index is 0.106. The first-order chi connectivity index (χ1) is 44.0. The molecule has 0 radical (unpaired) electrons. The van der Waals surface area contributed by atoms with Crippen molar-refractivity contribution < 1.29 is 80.2 Å². The van der Waals surface area contributed by atoms with Crippen molar-refractivity contribution in [3.05, 3.63) is 0 Å². The Balaban J connectivity index is 5.12. The van der Waals surface area contributed by atoms with E-state index < -0.39 is 97.5 Å². The molecule has 0 aliphatic heterocycles. The fourth-order valence-electron chi connectivity index (χ4n) is 11.0. The Hall–Kier alpha value is -1.94. The van der Waals surface area contributed by atoms with Gasteiger partial charge in [0.25, 0.3) is 0 Å². The van der Waals surface area contributed by atoms with E-state index in [1.165, 1.54) is 193 Å². The SMILES string of the molecule is CCCCCCCCCCCCCCCCCCCCCCCCC(=O)O[C@H](COC(=O)CCCCCCCCCCC(C)C)COP(=O)(O)OC[C@@H](O)COP(=O)(O)OC[C@@H](COC(=O)CCCCCCCCCC)OC(=O)CCCCCCCCCCCC. The number of carbonyl (C=O) groups excluding carboxylic acids is 4. The highest BCUT2D eigenvalue weighted by Gasteiger charge is 2.30. The number of hydrogen-bond donors (Lipinski definition) is 3. The third kappa shape index (κ3) is 66.5. The van der Waals surface area contributed by atoms with Crippen LogP contribution in [0.3, 0.4) is 0 Å². The van der Waals surface area contributed by atoms with Crippen LogP contribution in [0.5, 0.6) is 0 Å². The van der Waals surface area contributed by atoms with Crippen LogP contribution in [0, 0.1) is 5.92 Å². The Morgan fingerprint density at radius 1 is 0.297 bits per heavy atom. The van der Waals surface area contributed by atoms with Gasteiger partial charge in [-0.15, -0.1) is 0 Å². The summed E-state index contributed by atoms with van der Waals surface area (Å²) in [6.07, 6.45) is 53.0. The number of aliphatic hydroxyl groups is 1. The van der Waals surface area contributed by atoms with Gasteiger partial charge in [-0.2, -0.15) is 0 Å². The van der Waals surface area contributed by atoms with E-state index in [0.29, 0.717) is 25.7 Å². The summed E-state index contributed by atoms with van der Waals surface area (Å²) < 4.78 is 68.2. The molecule has 19 heteroatoms. The number of carbonyl (C=O) groups is 4. The van der Waals surface area contributed by atoms with E-state index in [0.717, 1.165) is 102 Å². The van der Waals surface area contributed by atoms with Crippen molar-refractivity contribution in [1.82, 2.24) is 0 Å². The molecule has 0 bridgehead atoms. The molecule has 0 aromatic carbocycles. The first-order valence-electron chi connectivity index (χ1n) is 37.6. The molecule has 0 fully saturated rings. The molecule has 540 valence electrons.